The summed E-state index contributed by atoms with van der Waals surface area (Å²) >= 11 is 0. The van der Waals surface area contributed by atoms with Gasteiger partial charge in [0, 0.05) is 262 Å². The van der Waals surface area contributed by atoms with Crippen molar-refractivity contribution in [2.24, 2.45) is 11.5 Å². The molecule has 2 nitrogen and oxygen atoms in total. The number of nitrogens with two attached hydrogens (primary N) is 2. The van der Waals surface area contributed by atoms with Crippen LogP contribution in [-0.2, 0) is 262 Å². The maximum absolute atomic E-state index is 4.85. The van der Waals surface area contributed by atoms with Gasteiger partial charge < -0.3 is 70.9 Å². The summed E-state index contributed by atoms with van der Waals surface area (Å²) in [6.07, 6.45) is 1.25. The zero-order chi connectivity index (χ0) is 15.9. The van der Waals surface area contributed by atoms with Crippen LogP contribution in [0.4, 0.5) is 0 Å². The fraction of sp³-hybridized carbons (Fsp3) is 0.231. The van der Waals surface area contributed by atoms with Crippen molar-refractivity contribution in [3.8, 4) is 0 Å². The number of hydrogen-bond acceptors (Lipinski definition) is 2. The Morgan fingerprint density at radius 1 is 0.333 bits per heavy atom. The summed E-state index contributed by atoms with van der Waals surface area (Å²) in [6.45, 7) is 6.90. The van der Waals surface area contributed by atoms with E-state index >= 15 is 0 Å². The molecule has 0 saturated heterocycles. The van der Waals surface area contributed by atoms with Crippen molar-refractivity contribution in [3.63, 3.8) is 0 Å². The molecule has 0 saturated carbocycles. The van der Waals surface area contributed by atoms with Gasteiger partial charge in [0.15, 0.2) is 0 Å². The van der Waals surface area contributed by atoms with Gasteiger partial charge in [-0.2, -0.15) is 0 Å². The topological polar surface area (TPSA) is 52.0 Å². The van der Waals surface area contributed by atoms with Gasteiger partial charge in [0.2, 0.25) is 0 Å². The van der Waals surface area contributed by atoms with E-state index in [1.54, 1.807) is 0 Å². The smallest absolute Gasteiger partial charge is 0 e. The Morgan fingerprint density at radius 3 is 0.389 bits per heavy atom. The van der Waals surface area contributed by atoms with E-state index in [2.05, 4.69) is 19.6 Å². The van der Waals surface area contributed by atoms with Crippen LogP contribution in [0.1, 0.15) is 27.2 Å². The average molecular weight is 1110 g/mol. The van der Waals surface area contributed by atoms with Crippen LogP contribution in [0.3, 0.4) is 0 Å². The van der Waals surface area contributed by atoms with Crippen molar-refractivity contribution in [2.75, 3.05) is 13.6 Å². The summed E-state index contributed by atoms with van der Waals surface area (Å²) in [5.74, 6) is 0. The quantitative estimate of drug-likeness (QED) is 0.264. The van der Waals surface area contributed by atoms with Crippen LogP contribution >= 0.6 is 0 Å². The van der Waals surface area contributed by atoms with E-state index < -0.39 is 0 Å². The molecule has 0 aliphatic rings. The molecule has 202 valence electrons. The molecule has 0 heterocycles. The van der Waals surface area contributed by atoms with E-state index in [-0.39, 0.29) is 321 Å². The van der Waals surface area contributed by atoms with Crippen LogP contribution in [0.15, 0.2) is 72.8 Å². The molecule has 0 aromatic heterocycles. The zero-order valence-corrected chi connectivity index (χ0v) is 48.8. The molecule has 0 fully saturated rings. The fourth-order valence-corrected chi connectivity index (χ4v) is 0.770. The zero-order valence-electron chi connectivity index (χ0n) is 26.1. The minimum atomic E-state index is 0. The first-order valence-electron chi connectivity index (χ1n) is 7.11. The number of benzene rings is 2. The van der Waals surface area contributed by atoms with E-state index in [1.165, 1.54) is 13.5 Å². The largest absolute Gasteiger partial charge is 0.358 e. The van der Waals surface area contributed by atoms with Crippen molar-refractivity contribution in [1.82, 2.24) is 0 Å². The first-order chi connectivity index (χ1) is 9.83. The molecule has 2 aromatic carbocycles. The Labute approximate surface area is 435 Å². The third kappa shape index (κ3) is 181. The van der Waals surface area contributed by atoms with Crippen molar-refractivity contribution in [3.05, 3.63) is 132 Å². The number of rotatable bonds is 0. The maximum atomic E-state index is 4.85. The molecule has 0 aliphatic carbocycles. The summed E-state index contributed by atoms with van der Waals surface area (Å²) in [7, 11) is 1.50. The monoisotopic (exact) mass is 1110 g/mol. The molecule has 2 rings (SSSR count). The molecule has 0 spiro atoms. The van der Waals surface area contributed by atoms with Crippen LogP contribution in [0.5, 0.6) is 0 Å². The van der Waals surface area contributed by atoms with Gasteiger partial charge in [-0.3, -0.25) is 0 Å². The molecule has 10 heteroatoms. The van der Waals surface area contributed by atoms with Crippen molar-refractivity contribution in [1.29, 1.82) is 0 Å². The molecule has 4 N–H and O–H groups in total. The molecule has 0 atom stereocenters. The average Bonchev–Trinajstić information content (AvgIpc) is 2.55. The fourth-order valence-electron chi connectivity index (χ4n) is 0.770. The van der Waals surface area contributed by atoms with Crippen LogP contribution in [0, 0.1) is 59.4 Å². The first-order valence-corrected chi connectivity index (χ1v) is 7.11. The van der Waals surface area contributed by atoms with Crippen LogP contribution in [0.2, 0.25) is 0 Å². The van der Waals surface area contributed by atoms with Gasteiger partial charge in [0.25, 0.3) is 0 Å². The maximum Gasteiger partial charge on any atom is 0 e. The van der Waals surface area contributed by atoms with E-state index in [4.69, 9.17) is 5.73 Å². The van der Waals surface area contributed by atoms with Crippen LogP contribution in [0.25, 0.3) is 0 Å². The van der Waals surface area contributed by atoms with E-state index in [0.717, 1.165) is 6.54 Å². The molecular weight excluding hydrogens is 1050 g/mol. The van der Waals surface area contributed by atoms with E-state index in [1.807, 2.05) is 79.7 Å². The second-order valence-corrected chi connectivity index (χ2v) is 3.42. The van der Waals surface area contributed by atoms with Crippen molar-refractivity contribution >= 4 is 0 Å². The molecule has 2 aromatic rings. The second kappa shape index (κ2) is 159. The predicted octanol–water partition coefficient (Wildman–Crippen LogP) is 7.91. The third-order valence-corrected chi connectivity index (χ3v) is 1.33. The Morgan fingerprint density at radius 2 is 0.361 bits per heavy atom. The minimum absolute atomic E-state index is 0. The van der Waals surface area contributed by atoms with Gasteiger partial charge in [0.1, 0.15) is 0 Å². The van der Waals surface area contributed by atoms with Gasteiger partial charge in [-0.05, 0) is 13.6 Å². The van der Waals surface area contributed by atoms with Crippen LogP contribution in [-0.4, -0.2) is 13.6 Å². The molecule has 36 heavy (non-hydrogen) atoms. The van der Waals surface area contributed by atoms with Gasteiger partial charge in [-0.15, -0.1) is 0 Å². The van der Waals surface area contributed by atoms with Crippen molar-refractivity contribution < 1.29 is 262 Å². The number of hydrogen-bond donors (Lipinski definition) is 2. The standard InChI is InChI=1S/2C6H6.C3H8.C2H7N.CH5N.8CH3.8Y/c2*1-2-4-6-5-3-1;1-3-2;1-2-3;1-2;;;;;;;;;;;;;;;;/h2*1-6H;3H2,1-2H3;2-3H2,1H3;2H2,1H3;8*1H3;;;;;;;;/q;;;;;8*-1;;;;;;;;. The molecule has 0 amide bonds. The van der Waals surface area contributed by atoms with Gasteiger partial charge in [-0.25, -0.2) is 0 Å². The van der Waals surface area contributed by atoms with Gasteiger partial charge in [0.05, 0.1) is 0 Å². The SMILES string of the molecule is CCC.CCN.CN.[CH3-].[CH3-].[CH3-].[CH3-].[CH3-].[CH3-].[CH3-].[CH3-].[Y].[Y].[Y].[Y].[Y].[Y].[Y].[Y].c1ccccc1.c1ccccc1. The normalized spacial score (nSPS) is 3.83. The molecule has 8 radical (unpaired) electrons. The summed E-state index contributed by atoms with van der Waals surface area (Å²) in [6, 6.07) is 24.0. The predicted molar refractivity (Wildman–Crippen MR) is 145 cm³/mol. The Hall–Kier alpha value is 7.19. The van der Waals surface area contributed by atoms with Crippen LogP contribution < -0.4 is 11.5 Å². The van der Waals surface area contributed by atoms with E-state index in [0.29, 0.717) is 0 Å². The summed E-state index contributed by atoms with van der Waals surface area (Å²) in [5.41, 5.74) is 9.35. The second-order valence-electron chi connectivity index (χ2n) is 3.42. The molecule has 0 aliphatic heterocycles. The molecular formula is C26H56N2Y8-8. The minimum Gasteiger partial charge on any atom is -0.358 e. The molecule has 0 bridgehead atoms. The Bertz CT molecular complexity index is 237. The Balaban J connectivity index is -0.00000000551. The van der Waals surface area contributed by atoms with Gasteiger partial charge in [-0.1, -0.05) is 100.0 Å². The Kier molecular flexibility index (Phi) is 582. The van der Waals surface area contributed by atoms with E-state index in [9.17, 15) is 0 Å². The first kappa shape index (κ1) is 131. The summed E-state index contributed by atoms with van der Waals surface area (Å²) in [4.78, 5) is 0. The summed E-state index contributed by atoms with van der Waals surface area (Å²) in [5, 5.41) is 0. The third-order valence-electron chi connectivity index (χ3n) is 1.33. The van der Waals surface area contributed by atoms with Crippen molar-refractivity contribution in [2.45, 2.75) is 27.2 Å². The summed E-state index contributed by atoms with van der Waals surface area (Å²) < 4.78 is 0. The van der Waals surface area contributed by atoms with Gasteiger partial charge >= 0.3 is 0 Å². The molecule has 0 unspecified atom stereocenters.